The van der Waals surface area contributed by atoms with Gasteiger partial charge in [0.2, 0.25) is 0 Å². The molecule has 0 rings (SSSR count). The van der Waals surface area contributed by atoms with E-state index >= 15 is 0 Å². The Kier molecular flexibility index (Phi) is 5.70. The van der Waals surface area contributed by atoms with Crippen molar-refractivity contribution in [2.24, 2.45) is 5.92 Å². The van der Waals surface area contributed by atoms with Crippen molar-refractivity contribution in [2.75, 3.05) is 6.61 Å². The molecule has 0 fully saturated rings. The highest BCUT2D eigenvalue weighted by Gasteiger charge is 2.23. The molecule has 0 saturated carbocycles. The summed E-state index contributed by atoms with van der Waals surface area (Å²) in [5.41, 5.74) is 0. The monoisotopic (exact) mass is 223 g/mol. The van der Waals surface area contributed by atoms with Crippen molar-refractivity contribution >= 4 is 18.5 Å². The Morgan fingerprint density at radius 3 is 2.46 bits per heavy atom. The molecule has 13 heavy (non-hydrogen) atoms. The number of hydrogen-bond donors (Lipinski definition) is 1. The lowest BCUT2D eigenvalue weighted by Crippen LogP contribution is -2.16. The molecular weight excluding hydrogens is 209 g/mol. The van der Waals surface area contributed by atoms with Crippen molar-refractivity contribution in [3.8, 4) is 6.07 Å². The third kappa shape index (κ3) is 5.35. The van der Waals surface area contributed by atoms with E-state index in [1.807, 2.05) is 19.9 Å². The van der Waals surface area contributed by atoms with Crippen molar-refractivity contribution in [3.63, 3.8) is 0 Å². The summed E-state index contributed by atoms with van der Waals surface area (Å²) in [5.74, 6) is -0.0140. The van der Waals surface area contributed by atoms with E-state index in [1.165, 1.54) is 0 Å². The molecule has 2 atom stereocenters. The molecule has 0 bridgehead atoms. The molecule has 0 aromatic rings. The molecule has 6 heteroatoms. The minimum Gasteiger partial charge on any atom is -0.324 e. The SMILES string of the molecule is CCOP(O)(=S)OC(C#N)C(C)C. The van der Waals surface area contributed by atoms with Crippen LogP contribution in [0.2, 0.25) is 0 Å². The Hall–Kier alpha value is 0.0200. The van der Waals surface area contributed by atoms with Gasteiger partial charge in [-0.1, -0.05) is 13.8 Å². The van der Waals surface area contributed by atoms with E-state index in [0.717, 1.165) is 0 Å². The second-order valence-corrected chi connectivity index (χ2v) is 5.58. The van der Waals surface area contributed by atoms with Gasteiger partial charge in [0.25, 0.3) is 0 Å². The van der Waals surface area contributed by atoms with Crippen LogP contribution < -0.4 is 0 Å². The second-order valence-electron chi connectivity index (χ2n) is 2.79. The molecule has 0 saturated heterocycles. The maximum atomic E-state index is 9.40. The van der Waals surface area contributed by atoms with Crippen LogP contribution >= 0.6 is 6.72 Å². The van der Waals surface area contributed by atoms with Crippen molar-refractivity contribution < 1.29 is 13.9 Å². The summed E-state index contributed by atoms with van der Waals surface area (Å²) in [4.78, 5) is 9.40. The standard InChI is InChI=1S/C7H14NO3PS/c1-4-10-12(9,13)11-7(5-8)6(2)3/h6-7H,4H2,1-3H3,(H,9,13). The van der Waals surface area contributed by atoms with E-state index in [2.05, 4.69) is 11.8 Å². The fourth-order valence-electron chi connectivity index (χ4n) is 0.631. The predicted octanol–water partition coefficient (Wildman–Crippen LogP) is 1.80. The summed E-state index contributed by atoms with van der Waals surface area (Å²) >= 11 is 4.68. The summed E-state index contributed by atoms with van der Waals surface area (Å²) < 4.78 is 9.81. The minimum atomic E-state index is -3.21. The molecule has 0 aliphatic rings. The van der Waals surface area contributed by atoms with Crippen LogP contribution in [0.25, 0.3) is 0 Å². The second kappa shape index (κ2) is 5.69. The normalized spacial score (nSPS) is 17.8. The molecule has 0 spiro atoms. The summed E-state index contributed by atoms with van der Waals surface area (Å²) in [6, 6.07) is 1.91. The fourth-order valence-corrected chi connectivity index (χ4v) is 2.19. The van der Waals surface area contributed by atoms with Crippen molar-refractivity contribution in [1.82, 2.24) is 0 Å². The van der Waals surface area contributed by atoms with E-state index < -0.39 is 12.8 Å². The zero-order valence-electron chi connectivity index (χ0n) is 7.93. The topological polar surface area (TPSA) is 62.5 Å². The average Bonchev–Trinajstić information content (AvgIpc) is 1.99. The largest absolute Gasteiger partial charge is 0.325 e. The van der Waals surface area contributed by atoms with Gasteiger partial charge in [-0.2, -0.15) is 5.26 Å². The molecule has 0 aromatic heterocycles. The first kappa shape index (κ1) is 13.0. The number of nitrogens with zero attached hydrogens (tertiary/aromatic N) is 1. The quantitative estimate of drug-likeness (QED) is 0.720. The predicted molar refractivity (Wildman–Crippen MR) is 53.5 cm³/mol. The molecule has 0 aromatic carbocycles. The summed E-state index contributed by atoms with van der Waals surface area (Å²) in [5, 5.41) is 8.66. The third-order valence-electron chi connectivity index (χ3n) is 1.27. The molecule has 2 unspecified atom stereocenters. The van der Waals surface area contributed by atoms with E-state index in [9.17, 15) is 4.89 Å². The molecule has 0 radical (unpaired) electrons. The van der Waals surface area contributed by atoms with Gasteiger partial charge in [-0.05, 0) is 24.6 Å². The highest BCUT2D eigenvalue weighted by molar-refractivity contribution is 8.07. The van der Waals surface area contributed by atoms with E-state index in [1.54, 1.807) is 6.92 Å². The molecule has 4 nitrogen and oxygen atoms in total. The van der Waals surface area contributed by atoms with Gasteiger partial charge in [0.1, 0.15) is 0 Å². The number of rotatable bonds is 5. The Balaban J connectivity index is 4.25. The van der Waals surface area contributed by atoms with Crippen molar-refractivity contribution in [3.05, 3.63) is 0 Å². The van der Waals surface area contributed by atoms with Crippen LogP contribution in [0, 0.1) is 17.2 Å². The lowest BCUT2D eigenvalue weighted by Gasteiger charge is -2.20. The fraction of sp³-hybridized carbons (Fsp3) is 0.857. The highest BCUT2D eigenvalue weighted by atomic mass is 32.5. The zero-order valence-corrected chi connectivity index (χ0v) is 9.64. The zero-order chi connectivity index (χ0) is 10.5. The van der Waals surface area contributed by atoms with Gasteiger partial charge in [-0.25, -0.2) is 0 Å². The van der Waals surface area contributed by atoms with Crippen LogP contribution in [0.3, 0.4) is 0 Å². The first-order valence-corrected chi connectivity index (χ1v) is 6.57. The molecule has 0 aliphatic carbocycles. The van der Waals surface area contributed by atoms with Crippen LogP contribution in [0.1, 0.15) is 20.8 Å². The van der Waals surface area contributed by atoms with Gasteiger partial charge in [-0.3, -0.25) is 4.52 Å². The lowest BCUT2D eigenvalue weighted by atomic mass is 10.1. The number of nitriles is 1. The van der Waals surface area contributed by atoms with Crippen LogP contribution in [0.15, 0.2) is 0 Å². The molecular formula is C7H14NO3PS. The summed E-state index contributed by atoms with van der Waals surface area (Å²) in [6.07, 6.45) is -0.706. The van der Waals surface area contributed by atoms with E-state index in [4.69, 9.17) is 14.3 Å². The summed E-state index contributed by atoms with van der Waals surface area (Å²) in [6.45, 7) is 2.41. The van der Waals surface area contributed by atoms with Crippen molar-refractivity contribution in [2.45, 2.75) is 26.9 Å². The molecule has 0 heterocycles. The Morgan fingerprint density at radius 1 is 1.62 bits per heavy atom. The van der Waals surface area contributed by atoms with Crippen LogP contribution in [0.4, 0.5) is 0 Å². The number of hydrogen-bond acceptors (Lipinski definition) is 4. The van der Waals surface area contributed by atoms with Crippen molar-refractivity contribution in [1.29, 1.82) is 5.26 Å². The van der Waals surface area contributed by atoms with Gasteiger partial charge in [0.15, 0.2) is 6.10 Å². The Labute approximate surface area is 83.7 Å². The van der Waals surface area contributed by atoms with Gasteiger partial charge < -0.3 is 9.42 Å². The van der Waals surface area contributed by atoms with Crippen LogP contribution in [-0.4, -0.2) is 17.6 Å². The first-order chi connectivity index (χ1) is 5.93. The lowest BCUT2D eigenvalue weighted by molar-refractivity contribution is 0.147. The van der Waals surface area contributed by atoms with Crippen LogP contribution in [-0.2, 0) is 20.9 Å². The van der Waals surface area contributed by atoms with Gasteiger partial charge in [0.05, 0.1) is 12.7 Å². The summed E-state index contributed by atoms with van der Waals surface area (Å²) in [7, 11) is 0. The average molecular weight is 223 g/mol. The van der Waals surface area contributed by atoms with Gasteiger partial charge >= 0.3 is 6.72 Å². The molecule has 76 valence electrons. The van der Waals surface area contributed by atoms with E-state index in [-0.39, 0.29) is 12.5 Å². The Bertz CT molecular complexity index is 238. The smallest absolute Gasteiger partial charge is 0.324 e. The first-order valence-electron chi connectivity index (χ1n) is 3.98. The highest BCUT2D eigenvalue weighted by Crippen LogP contribution is 2.45. The van der Waals surface area contributed by atoms with Gasteiger partial charge in [-0.15, -0.1) is 0 Å². The molecule has 0 amide bonds. The van der Waals surface area contributed by atoms with E-state index in [0.29, 0.717) is 0 Å². The third-order valence-corrected chi connectivity index (χ3v) is 2.92. The molecule has 0 aliphatic heterocycles. The van der Waals surface area contributed by atoms with Gasteiger partial charge in [0, 0.05) is 0 Å². The maximum absolute atomic E-state index is 9.40. The minimum absolute atomic E-state index is 0.0140. The van der Waals surface area contributed by atoms with Crippen LogP contribution in [0.5, 0.6) is 0 Å². The molecule has 1 N–H and O–H groups in total. The maximum Gasteiger partial charge on any atom is 0.325 e. The Morgan fingerprint density at radius 2 is 2.15 bits per heavy atom.